The van der Waals surface area contributed by atoms with Crippen molar-refractivity contribution in [3.63, 3.8) is 0 Å². The molecule has 0 fully saturated rings. The molecule has 0 aliphatic rings. The van der Waals surface area contributed by atoms with Crippen molar-refractivity contribution in [2.45, 2.75) is 51.9 Å². The van der Waals surface area contributed by atoms with Crippen molar-refractivity contribution < 1.29 is 19.1 Å². The fourth-order valence-electron chi connectivity index (χ4n) is 2.45. The van der Waals surface area contributed by atoms with Crippen molar-refractivity contribution in [2.24, 2.45) is 0 Å². The Kier molecular flexibility index (Phi) is 7.64. The third kappa shape index (κ3) is 4.09. The molecule has 0 spiro atoms. The highest BCUT2D eigenvalue weighted by Crippen LogP contribution is 2.33. The molecule has 4 heteroatoms. The molecule has 0 radical (unpaired) electrons. The van der Waals surface area contributed by atoms with E-state index in [9.17, 15) is 9.59 Å². The molecule has 1 rings (SSSR count). The largest absolute Gasteiger partial charge is 0.465 e. The van der Waals surface area contributed by atoms with Gasteiger partial charge >= 0.3 is 11.9 Å². The number of ether oxygens (including phenoxy) is 2. The zero-order valence-corrected chi connectivity index (χ0v) is 13.8. The highest BCUT2D eigenvalue weighted by Gasteiger charge is 2.49. The minimum atomic E-state index is -1.36. The van der Waals surface area contributed by atoms with Gasteiger partial charge in [-0.15, -0.1) is 0 Å². The molecule has 0 aromatic heterocycles. The van der Waals surface area contributed by atoms with Crippen LogP contribution in [0.1, 0.15) is 52.0 Å². The van der Waals surface area contributed by atoms with Crippen molar-refractivity contribution in [2.75, 3.05) is 13.2 Å². The predicted octanol–water partition coefficient (Wildman–Crippen LogP) is 3.63. The molecule has 0 N–H and O–H groups in total. The maximum atomic E-state index is 12.7. The summed E-state index contributed by atoms with van der Waals surface area (Å²) in [6, 6.07) is 9.06. The Bertz CT molecular complexity index is 469. The molecule has 122 valence electrons. The number of esters is 2. The fraction of sp³-hybridized carbons (Fsp3) is 0.556. The summed E-state index contributed by atoms with van der Waals surface area (Å²) >= 11 is 0. The van der Waals surface area contributed by atoms with Crippen LogP contribution < -0.4 is 0 Å². The van der Waals surface area contributed by atoms with E-state index in [1.165, 1.54) is 0 Å². The zero-order chi connectivity index (χ0) is 16.4. The predicted molar refractivity (Wildman–Crippen MR) is 85.5 cm³/mol. The van der Waals surface area contributed by atoms with Gasteiger partial charge in [-0.3, -0.25) is 9.59 Å². The number of unbranched alkanes of at least 4 members (excludes halogenated alkanes) is 1. The van der Waals surface area contributed by atoms with Crippen LogP contribution in [-0.4, -0.2) is 25.2 Å². The van der Waals surface area contributed by atoms with E-state index in [-0.39, 0.29) is 6.61 Å². The Hall–Kier alpha value is -1.84. The molecule has 22 heavy (non-hydrogen) atoms. The molecule has 4 nitrogen and oxygen atoms in total. The van der Waals surface area contributed by atoms with Crippen LogP contribution in [0.4, 0.5) is 0 Å². The molecule has 0 heterocycles. The Morgan fingerprint density at radius 3 is 2.14 bits per heavy atom. The van der Waals surface area contributed by atoms with E-state index < -0.39 is 17.4 Å². The van der Waals surface area contributed by atoms with Gasteiger partial charge in [0.2, 0.25) is 0 Å². The van der Waals surface area contributed by atoms with Crippen LogP contribution in [0.3, 0.4) is 0 Å². The number of benzene rings is 1. The second-order valence-electron chi connectivity index (χ2n) is 5.23. The normalized spacial score (nSPS) is 13.2. The molecule has 0 saturated carbocycles. The van der Waals surface area contributed by atoms with Gasteiger partial charge in [0.15, 0.2) is 5.41 Å². The average molecular weight is 306 g/mol. The van der Waals surface area contributed by atoms with Crippen LogP contribution in [-0.2, 0) is 24.5 Å². The average Bonchev–Trinajstić information content (AvgIpc) is 2.53. The maximum absolute atomic E-state index is 12.7. The van der Waals surface area contributed by atoms with E-state index >= 15 is 0 Å². The van der Waals surface area contributed by atoms with E-state index in [1.54, 1.807) is 19.1 Å². The van der Waals surface area contributed by atoms with E-state index in [0.29, 0.717) is 25.0 Å². The molecular formula is C18H26O4. The van der Waals surface area contributed by atoms with Gasteiger partial charge in [-0.25, -0.2) is 0 Å². The molecule has 0 saturated heterocycles. The monoisotopic (exact) mass is 306 g/mol. The van der Waals surface area contributed by atoms with Crippen molar-refractivity contribution >= 4 is 11.9 Å². The van der Waals surface area contributed by atoms with Gasteiger partial charge in [0.05, 0.1) is 13.2 Å². The Morgan fingerprint density at radius 1 is 0.955 bits per heavy atom. The Balaban J connectivity index is 3.20. The summed E-state index contributed by atoms with van der Waals surface area (Å²) in [4.78, 5) is 25.3. The van der Waals surface area contributed by atoms with E-state index in [0.717, 1.165) is 12.8 Å². The molecule has 1 unspecified atom stereocenters. The van der Waals surface area contributed by atoms with E-state index in [2.05, 4.69) is 0 Å². The maximum Gasteiger partial charge on any atom is 0.328 e. The lowest BCUT2D eigenvalue weighted by atomic mass is 9.76. The van der Waals surface area contributed by atoms with Gasteiger partial charge in [0.25, 0.3) is 0 Å². The summed E-state index contributed by atoms with van der Waals surface area (Å²) in [5.74, 6) is -1.03. The summed E-state index contributed by atoms with van der Waals surface area (Å²) < 4.78 is 10.6. The zero-order valence-electron chi connectivity index (χ0n) is 13.8. The second-order valence-corrected chi connectivity index (χ2v) is 5.23. The van der Waals surface area contributed by atoms with Gasteiger partial charge in [-0.1, -0.05) is 57.0 Å². The number of hydrogen-bond donors (Lipinski definition) is 0. The second kappa shape index (κ2) is 9.23. The quantitative estimate of drug-likeness (QED) is 0.397. The number of carbonyl (C=O) groups is 2. The minimum Gasteiger partial charge on any atom is -0.465 e. The number of hydrogen-bond acceptors (Lipinski definition) is 4. The van der Waals surface area contributed by atoms with Gasteiger partial charge in [-0.05, 0) is 25.3 Å². The van der Waals surface area contributed by atoms with Gasteiger partial charge in [-0.2, -0.15) is 0 Å². The lowest BCUT2D eigenvalue weighted by Crippen LogP contribution is -2.46. The Morgan fingerprint density at radius 2 is 1.59 bits per heavy atom. The first kappa shape index (κ1) is 18.2. The molecular weight excluding hydrogens is 280 g/mol. The summed E-state index contributed by atoms with van der Waals surface area (Å²) in [7, 11) is 0. The molecule has 1 aromatic rings. The smallest absolute Gasteiger partial charge is 0.328 e. The first-order valence-corrected chi connectivity index (χ1v) is 8.03. The first-order chi connectivity index (χ1) is 10.6. The molecule has 0 aliphatic heterocycles. The number of carbonyl (C=O) groups excluding carboxylic acids is 2. The van der Waals surface area contributed by atoms with Crippen molar-refractivity contribution in [3.8, 4) is 0 Å². The van der Waals surface area contributed by atoms with Crippen LogP contribution in [0, 0.1) is 0 Å². The summed E-state index contributed by atoms with van der Waals surface area (Å²) in [6.45, 7) is 6.26. The lowest BCUT2D eigenvalue weighted by molar-refractivity contribution is -0.165. The van der Waals surface area contributed by atoms with Crippen LogP contribution in [0.5, 0.6) is 0 Å². The highest BCUT2D eigenvalue weighted by molar-refractivity contribution is 6.06. The van der Waals surface area contributed by atoms with Crippen LogP contribution >= 0.6 is 0 Å². The Labute approximate surface area is 132 Å². The van der Waals surface area contributed by atoms with Crippen LogP contribution in [0.15, 0.2) is 30.3 Å². The van der Waals surface area contributed by atoms with E-state index in [4.69, 9.17) is 9.47 Å². The summed E-state index contributed by atoms with van der Waals surface area (Å²) in [5, 5.41) is 0. The molecule has 1 aromatic carbocycles. The van der Waals surface area contributed by atoms with Crippen LogP contribution in [0.2, 0.25) is 0 Å². The highest BCUT2D eigenvalue weighted by atomic mass is 16.6. The van der Waals surface area contributed by atoms with Gasteiger partial charge < -0.3 is 9.47 Å². The topological polar surface area (TPSA) is 52.6 Å². The molecule has 0 aliphatic carbocycles. The minimum absolute atomic E-state index is 0.235. The SMILES string of the molecule is CCCCOC(=O)C(CCC)(C(=O)OCC)c1ccccc1. The molecule has 1 atom stereocenters. The van der Waals surface area contributed by atoms with Crippen LogP contribution in [0.25, 0.3) is 0 Å². The summed E-state index contributed by atoms with van der Waals surface area (Å²) in [6.07, 6.45) is 2.77. The number of rotatable bonds is 9. The lowest BCUT2D eigenvalue weighted by Gasteiger charge is -2.29. The van der Waals surface area contributed by atoms with Crippen molar-refractivity contribution in [1.29, 1.82) is 0 Å². The first-order valence-electron chi connectivity index (χ1n) is 8.03. The third-order valence-corrected chi connectivity index (χ3v) is 3.59. The van der Waals surface area contributed by atoms with Crippen molar-refractivity contribution in [3.05, 3.63) is 35.9 Å². The fourth-order valence-corrected chi connectivity index (χ4v) is 2.45. The standard InChI is InChI=1S/C18H26O4/c1-4-7-14-22-17(20)18(13-5-2,16(19)21-6-3)15-11-9-8-10-12-15/h8-12H,4-7,13-14H2,1-3H3. The third-order valence-electron chi connectivity index (χ3n) is 3.59. The summed E-state index contributed by atoms with van der Waals surface area (Å²) in [5.41, 5.74) is -0.725. The molecule has 0 amide bonds. The molecule has 0 bridgehead atoms. The van der Waals surface area contributed by atoms with E-state index in [1.807, 2.05) is 32.0 Å². The van der Waals surface area contributed by atoms with Gasteiger partial charge in [0, 0.05) is 0 Å². The van der Waals surface area contributed by atoms with Gasteiger partial charge in [0.1, 0.15) is 0 Å². The van der Waals surface area contributed by atoms with Crippen molar-refractivity contribution in [1.82, 2.24) is 0 Å².